The first-order valence-electron chi connectivity index (χ1n) is 9.24. The van der Waals surface area contributed by atoms with E-state index in [1.165, 1.54) is 0 Å². The number of carbonyl (C=O) groups excluding carboxylic acids is 1. The molecule has 0 saturated heterocycles. The normalized spacial score (nSPS) is 12.3. The molecule has 28 heavy (non-hydrogen) atoms. The van der Waals surface area contributed by atoms with Gasteiger partial charge >= 0.3 is 0 Å². The van der Waals surface area contributed by atoms with Crippen LogP contribution in [0.3, 0.4) is 0 Å². The molecule has 0 aromatic heterocycles. The highest BCUT2D eigenvalue weighted by atomic mass is 32.2. The largest absolute Gasteiger partial charge is 0.491 e. The van der Waals surface area contributed by atoms with Crippen molar-refractivity contribution in [2.45, 2.75) is 33.2 Å². The lowest BCUT2D eigenvalue weighted by Gasteiger charge is -2.23. The monoisotopic (exact) mass is 404 g/mol. The Kier molecular flexibility index (Phi) is 7.45. The van der Waals surface area contributed by atoms with Crippen LogP contribution < -0.4 is 14.4 Å². The van der Waals surface area contributed by atoms with Crippen molar-refractivity contribution >= 4 is 21.6 Å². The second kappa shape index (κ2) is 9.59. The molecule has 6 nitrogen and oxygen atoms in total. The van der Waals surface area contributed by atoms with Crippen LogP contribution in [0, 0.1) is 6.92 Å². The van der Waals surface area contributed by atoms with E-state index in [-0.39, 0.29) is 18.5 Å². The summed E-state index contributed by atoms with van der Waals surface area (Å²) in [6.07, 6.45) is 1.95. The molecule has 7 heteroatoms. The van der Waals surface area contributed by atoms with Gasteiger partial charge in [0.25, 0.3) is 0 Å². The first-order chi connectivity index (χ1) is 13.2. The summed E-state index contributed by atoms with van der Waals surface area (Å²) in [4.78, 5) is 12.4. The van der Waals surface area contributed by atoms with Gasteiger partial charge in [0.2, 0.25) is 15.9 Å². The van der Waals surface area contributed by atoms with Crippen LogP contribution in [0.15, 0.2) is 48.5 Å². The van der Waals surface area contributed by atoms with Crippen LogP contribution in [-0.4, -0.2) is 39.8 Å². The fraction of sp³-hybridized carbons (Fsp3) is 0.381. The van der Waals surface area contributed by atoms with E-state index in [1.54, 1.807) is 12.1 Å². The van der Waals surface area contributed by atoms with Gasteiger partial charge < -0.3 is 10.1 Å². The number of nitrogens with one attached hydrogen (secondary N) is 1. The highest BCUT2D eigenvalue weighted by molar-refractivity contribution is 7.92. The Morgan fingerprint density at radius 2 is 1.71 bits per heavy atom. The van der Waals surface area contributed by atoms with Crippen molar-refractivity contribution in [3.63, 3.8) is 0 Å². The third-order valence-electron chi connectivity index (χ3n) is 4.25. The lowest BCUT2D eigenvalue weighted by molar-refractivity contribution is -0.120. The van der Waals surface area contributed by atoms with E-state index >= 15 is 0 Å². The molecule has 0 aliphatic carbocycles. The Hall–Kier alpha value is -2.54. The van der Waals surface area contributed by atoms with Gasteiger partial charge in [0.1, 0.15) is 18.9 Å². The number of amides is 1. The van der Waals surface area contributed by atoms with E-state index in [0.717, 1.165) is 33.9 Å². The minimum absolute atomic E-state index is 0.266. The molecule has 1 amide bonds. The van der Waals surface area contributed by atoms with Gasteiger partial charge in [0.15, 0.2) is 0 Å². The zero-order valence-corrected chi connectivity index (χ0v) is 17.6. The molecule has 0 unspecified atom stereocenters. The fourth-order valence-corrected chi connectivity index (χ4v) is 3.50. The van der Waals surface area contributed by atoms with Gasteiger partial charge in [-0.2, -0.15) is 0 Å². The second-order valence-corrected chi connectivity index (χ2v) is 8.79. The molecule has 1 atom stereocenters. The molecule has 2 rings (SSSR count). The van der Waals surface area contributed by atoms with Crippen LogP contribution in [0.4, 0.5) is 5.69 Å². The third kappa shape index (κ3) is 6.56. The number of rotatable bonds is 9. The Labute approximate surface area is 167 Å². The molecule has 0 aliphatic rings. The lowest BCUT2D eigenvalue weighted by atomic mass is 10.1. The molecular weight excluding hydrogens is 376 g/mol. The van der Waals surface area contributed by atoms with Crippen LogP contribution >= 0.6 is 0 Å². The van der Waals surface area contributed by atoms with Crippen molar-refractivity contribution in [3.8, 4) is 5.75 Å². The number of nitrogens with zero attached hydrogens (tertiary/aromatic N) is 1. The maximum absolute atomic E-state index is 12.4. The summed E-state index contributed by atoms with van der Waals surface area (Å²) in [5.74, 6) is 0.338. The highest BCUT2D eigenvalue weighted by Gasteiger charge is 2.21. The SMILES string of the molecule is CCc1ccc(N(CC(=O)N[C@H](C)COc2ccc(C)cc2)S(C)(=O)=O)cc1. The minimum Gasteiger partial charge on any atom is -0.491 e. The van der Waals surface area contributed by atoms with Gasteiger partial charge in [-0.05, 0) is 50.1 Å². The summed E-state index contributed by atoms with van der Waals surface area (Å²) in [6, 6.07) is 14.5. The molecule has 0 spiro atoms. The topological polar surface area (TPSA) is 75.7 Å². The lowest BCUT2D eigenvalue weighted by Crippen LogP contribution is -2.44. The van der Waals surface area contributed by atoms with E-state index in [1.807, 2.05) is 57.2 Å². The molecule has 2 aromatic carbocycles. The zero-order chi connectivity index (χ0) is 20.7. The molecular formula is C21H28N2O4S. The quantitative estimate of drug-likeness (QED) is 0.697. The number of sulfonamides is 1. The first kappa shape index (κ1) is 21.8. The number of hydrogen-bond donors (Lipinski definition) is 1. The van der Waals surface area contributed by atoms with Crippen LogP contribution in [0.1, 0.15) is 25.0 Å². The predicted octanol–water partition coefficient (Wildman–Crippen LogP) is 2.91. The van der Waals surface area contributed by atoms with Crippen LogP contribution in [0.5, 0.6) is 5.75 Å². The Morgan fingerprint density at radius 1 is 1.11 bits per heavy atom. The number of anilines is 1. The molecule has 0 radical (unpaired) electrons. The maximum atomic E-state index is 12.4. The predicted molar refractivity (Wildman–Crippen MR) is 112 cm³/mol. The van der Waals surface area contributed by atoms with Crippen LogP contribution in [0.2, 0.25) is 0 Å². The minimum atomic E-state index is -3.59. The molecule has 0 aliphatic heterocycles. The second-order valence-electron chi connectivity index (χ2n) is 6.88. The van der Waals surface area contributed by atoms with Crippen LogP contribution in [0.25, 0.3) is 0 Å². The van der Waals surface area contributed by atoms with Gasteiger partial charge in [-0.1, -0.05) is 36.8 Å². The molecule has 0 fully saturated rings. The van der Waals surface area contributed by atoms with Crippen molar-refractivity contribution in [1.82, 2.24) is 5.32 Å². The zero-order valence-electron chi connectivity index (χ0n) is 16.8. The average molecular weight is 405 g/mol. The van der Waals surface area contributed by atoms with Gasteiger partial charge in [0.05, 0.1) is 18.0 Å². The number of ether oxygens (including phenoxy) is 1. The summed E-state index contributed by atoms with van der Waals surface area (Å²) < 4.78 is 31.1. The third-order valence-corrected chi connectivity index (χ3v) is 5.39. The van der Waals surface area contributed by atoms with Gasteiger partial charge in [0, 0.05) is 0 Å². The van der Waals surface area contributed by atoms with Crippen molar-refractivity contribution in [2.24, 2.45) is 0 Å². The number of carbonyl (C=O) groups is 1. The molecule has 0 heterocycles. The molecule has 1 N–H and O–H groups in total. The number of hydrogen-bond acceptors (Lipinski definition) is 4. The van der Waals surface area contributed by atoms with E-state index in [0.29, 0.717) is 12.3 Å². The van der Waals surface area contributed by atoms with Crippen molar-refractivity contribution in [1.29, 1.82) is 0 Å². The smallest absolute Gasteiger partial charge is 0.241 e. The summed E-state index contributed by atoms with van der Waals surface area (Å²) in [5.41, 5.74) is 2.71. The fourth-order valence-electron chi connectivity index (χ4n) is 2.65. The van der Waals surface area contributed by atoms with E-state index in [2.05, 4.69) is 5.32 Å². The van der Waals surface area contributed by atoms with E-state index in [9.17, 15) is 13.2 Å². The highest BCUT2D eigenvalue weighted by Crippen LogP contribution is 2.18. The Bertz CT molecular complexity index is 878. The summed E-state index contributed by atoms with van der Waals surface area (Å²) in [7, 11) is -3.59. The summed E-state index contributed by atoms with van der Waals surface area (Å²) in [5, 5.41) is 2.79. The Morgan fingerprint density at radius 3 is 2.25 bits per heavy atom. The average Bonchev–Trinajstić information content (AvgIpc) is 2.65. The molecule has 0 bridgehead atoms. The maximum Gasteiger partial charge on any atom is 0.241 e. The van der Waals surface area contributed by atoms with Crippen LogP contribution in [-0.2, 0) is 21.2 Å². The van der Waals surface area contributed by atoms with E-state index < -0.39 is 10.0 Å². The molecule has 152 valence electrons. The summed E-state index contributed by atoms with van der Waals surface area (Å²) in [6.45, 7) is 5.85. The van der Waals surface area contributed by atoms with E-state index in [4.69, 9.17) is 4.74 Å². The number of aryl methyl sites for hydroxylation is 2. The van der Waals surface area contributed by atoms with Crippen molar-refractivity contribution in [3.05, 3.63) is 59.7 Å². The van der Waals surface area contributed by atoms with Crippen molar-refractivity contribution < 1.29 is 17.9 Å². The number of benzene rings is 2. The Balaban J connectivity index is 1.95. The molecule has 0 saturated carbocycles. The standard InChI is InChI=1S/C21H28N2O4S/c1-5-18-8-10-19(11-9-18)23(28(4,25)26)14-21(24)22-17(3)15-27-20-12-6-16(2)7-13-20/h6-13,17H,5,14-15H2,1-4H3,(H,22,24)/t17-/m1/s1. The molecule has 2 aromatic rings. The van der Waals surface area contributed by atoms with Gasteiger partial charge in [-0.25, -0.2) is 8.42 Å². The van der Waals surface area contributed by atoms with Gasteiger partial charge in [-0.3, -0.25) is 9.10 Å². The summed E-state index contributed by atoms with van der Waals surface area (Å²) >= 11 is 0. The first-order valence-corrected chi connectivity index (χ1v) is 11.1. The van der Waals surface area contributed by atoms with Gasteiger partial charge in [-0.15, -0.1) is 0 Å². The van der Waals surface area contributed by atoms with Crippen molar-refractivity contribution in [2.75, 3.05) is 23.7 Å².